The molecule has 0 amide bonds. The molecule has 5 nitrogen and oxygen atoms in total. The number of aliphatic carboxylic acids is 1. The van der Waals surface area contributed by atoms with Crippen LogP contribution in [0.2, 0.25) is 0 Å². The number of hydrogen-bond acceptors (Lipinski definition) is 4. The van der Waals surface area contributed by atoms with E-state index < -0.39 is 18.0 Å². The summed E-state index contributed by atoms with van der Waals surface area (Å²) in [5.41, 5.74) is 10.0. The zero-order valence-electron chi connectivity index (χ0n) is 13.9. The lowest BCUT2D eigenvalue weighted by Crippen LogP contribution is -2.29. The second-order valence-electron chi connectivity index (χ2n) is 6.10. The van der Waals surface area contributed by atoms with Gasteiger partial charge in [0.15, 0.2) is 0 Å². The summed E-state index contributed by atoms with van der Waals surface area (Å²) >= 11 is 3.17. The smallest absolute Gasteiger partial charge is 0.331 e. The molecule has 1 aliphatic rings. The van der Waals surface area contributed by atoms with Crippen molar-refractivity contribution in [2.24, 2.45) is 5.73 Å². The molecule has 2 aromatic carbocycles. The van der Waals surface area contributed by atoms with Crippen molar-refractivity contribution in [1.29, 1.82) is 0 Å². The van der Waals surface area contributed by atoms with Crippen molar-refractivity contribution in [1.82, 2.24) is 0 Å². The predicted molar refractivity (Wildman–Crippen MR) is 102 cm³/mol. The zero-order chi connectivity index (χ0) is 18.7. The number of carbonyl (C=O) groups excluding carboxylic acids is 1. The minimum atomic E-state index is -1.12. The maximum absolute atomic E-state index is 12.1. The lowest BCUT2D eigenvalue weighted by atomic mass is 9.98. The average Bonchev–Trinajstić information content (AvgIpc) is 2.93. The van der Waals surface area contributed by atoms with Gasteiger partial charge in [0, 0.05) is 22.9 Å². The van der Waals surface area contributed by atoms with Gasteiger partial charge in [0.25, 0.3) is 0 Å². The summed E-state index contributed by atoms with van der Waals surface area (Å²) in [6.45, 7) is 0.217. The van der Waals surface area contributed by atoms with E-state index in [1.165, 1.54) is 6.08 Å². The van der Waals surface area contributed by atoms with E-state index in [4.69, 9.17) is 15.6 Å². The number of nitrogens with two attached hydrogens (primary N) is 1. The number of rotatable bonds is 6. The summed E-state index contributed by atoms with van der Waals surface area (Å²) in [7, 11) is 0. The molecule has 0 aromatic heterocycles. The van der Waals surface area contributed by atoms with Crippen molar-refractivity contribution in [2.45, 2.75) is 18.4 Å². The minimum absolute atomic E-state index is 0.0141. The summed E-state index contributed by atoms with van der Waals surface area (Å²) in [6.07, 6.45) is 1.26. The summed E-state index contributed by atoms with van der Waals surface area (Å²) in [6, 6.07) is 15.1. The predicted octanol–water partition coefficient (Wildman–Crippen LogP) is 3.42. The van der Waals surface area contributed by atoms with Crippen LogP contribution in [-0.4, -0.2) is 29.7 Å². The molecule has 0 saturated carbocycles. The highest BCUT2D eigenvalue weighted by atomic mass is 79.9. The van der Waals surface area contributed by atoms with Crippen LogP contribution in [0.15, 0.2) is 59.1 Å². The van der Waals surface area contributed by atoms with Crippen molar-refractivity contribution >= 4 is 27.9 Å². The van der Waals surface area contributed by atoms with Gasteiger partial charge >= 0.3 is 11.9 Å². The lowest BCUT2D eigenvalue weighted by molar-refractivity contribution is -0.139. The first kappa shape index (κ1) is 18.4. The van der Waals surface area contributed by atoms with Crippen LogP contribution in [0.25, 0.3) is 11.1 Å². The molecule has 0 bridgehead atoms. The van der Waals surface area contributed by atoms with Gasteiger partial charge in [0.1, 0.15) is 12.6 Å². The molecule has 1 atom stereocenters. The van der Waals surface area contributed by atoms with Crippen LogP contribution in [0.4, 0.5) is 0 Å². The number of ether oxygens (including phenoxy) is 1. The second-order valence-corrected chi connectivity index (χ2v) is 7.12. The van der Waals surface area contributed by atoms with E-state index in [0.29, 0.717) is 4.48 Å². The third-order valence-electron chi connectivity index (χ3n) is 4.36. The highest BCUT2D eigenvalue weighted by Gasteiger charge is 2.28. The van der Waals surface area contributed by atoms with E-state index in [0.717, 1.165) is 22.3 Å². The molecular weight excluding hydrogens is 398 g/mol. The van der Waals surface area contributed by atoms with Crippen molar-refractivity contribution in [3.63, 3.8) is 0 Å². The first-order valence-corrected chi connectivity index (χ1v) is 8.96. The van der Waals surface area contributed by atoms with E-state index in [9.17, 15) is 9.59 Å². The van der Waals surface area contributed by atoms with Gasteiger partial charge in [0.05, 0.1) is 0 Å². The highest BCUT2D eigenvalue weighted by Crippen LogP contribution is 2.44. The third kappa shape index (κ3) is 3.86. The van der Waals surface area contributed by atoms with Gasteiger partial charge in [-0.1, -0.05) is 64.5 Å². The number of carboxylic acid groups (broad SMARTS) is 1. The molecule has 1 aliphatic carbocycles. The monoisotopic (exact) mass is 415 g/mol. The standard InChI is InChI=1S/C20H18BrNO4/c21-12(9-18(22)20(24)25)10-19(23)26-11-17-15-7-3-1-5-13(15)14-6-2-4-8-16(14)17/h1-8,10,17-18H,9,11,22H2,(H,24,25)/b12-10-/t18-/m1/s1. The van der Waals surface area contributed by atoms with Crippen LogP contribution in [-0.2, 0) is 14.3 Å². The molecule has 3 N–H and O–H groups in total. The first-order valence-electron chi connectivity index (χ1n) is 8.17. The number of carbonyl (C=O) groups is 2. The molecular formula is C20H18BrNO4. The fraction of sp³-hybridized carbons (Fsp3) is 0.200. The van der Waals surface area contributed by atoms with Crippen molar-refractivity contribution < 1.29 is 19.4 Å². The van der Waals surface area contributed by atoms with E-state index in [1.807, 2.05) is 36.4 Å². The quantitative estimate of drug-likeness (QED) is 0.557. The minimum Gasteiger partial charge on any atom is -0.480 e. The Morgan fingerprint density at radius 2 is 1.65 bits per heavy atom. The number of halogens is 1. The molecule has 0 aliphatic heterocycles. The van der Waals surface area contributed by atoms with Gasteiger partial charge in [-0.15, -0.1) is 0 Å². The molecule has 2 aromatic rings. The Labute approximate surface area is 159 Å². The van der Waals surface area contributed by atoms with Crippen molar-refractivity contribution in [3.8, 4) is 11.1 Å². The number of hydrogen-bond donors (Lipinski definition) is 2. The second kappa shape index (κ2) is 7.85. The molecule has 6 heteroatoms. The van der Waals surface area contributed by atoms with Gasteiger partial charge in [-0.25, -0.2) is 4.79 Å². The molecule has 26 heavy (non-hydrogen) atoms. The fourth-order valence-corrected chi connectivity index (χ4v) is 3.67. The van der Waals surface area contributed by atoms with Crippen LogP contribution in [0.1, 0.15) is 23.5 Å². The van der Waals surface area contributed by atoms with E-state index in [1.54, 1.807) is 0 Å². The van der Waals surface area contributed by atoms with E-state index >= 15 is 0 Å². The highest BCUT2D eigenvalue weighted by molar-refractivity contribution is 9.11. The Hall–Kier alpha value is -2.44. The van der Waals surface area contributed by atoms with E-state index in [2.05, 4.69) is 28.1 Å². The molecule has 0 unspecified atom stereocenters. The largest absolute Gasteiger partial charge is 0.480 e. The average molecular weight is 416 g/mol. The first-order chi connectivity index (χ1) is 12.5. The van der Waals surface area contributed by atoms with Crippen molar-refractivity contribution in [2.75, 3.05) is 6.61 Å². The molecule has 3 rings (SSSR count). The summed E-state index contributed by atoms with van der Waals surface area (Å²) in [4.78, 5) is 22.8. The van der Waals surface area contributed by atoms with Gasteiger partial charge in [-0.05, 0) is 22.3 Å². The topological polar surface area (TPSA) is 89.6 Å². The molecule has 134 valence electrons. The maximum atomic E-state index is 12.1. The maximum Gasteiger partial charge on any atom is 0.331 e. The van der Waals surface area contributed by atoms with Crippen LogP contribution < -0.4 is 5.73 Å². The van der Waals surface area contributed by atoms with Gasteiger partial charge < -0.3 is 15.6 Å². The van der Waals surface area contributed by atoms with Crippen LogP contribution >= 0.6 is 15.9 Å². The SMILES string of the molecule is N[C@H](C/C(Br)=C/C(=O)OCC1c2ccccc2-c2ccccc21)C(=O)O. The third-order valence-corrected chi connectivity index (χ3v) is 4.91. The molecule has 0 radical (unpaired) electrons. The molecule has 0 saturated heterocycles. The van der Waals surface area contributed by atoms with Crippen molar-refractivity contribution in [3.05, 3.63) is 70.2 Å². The number of carboxylic acids is 1. The molecule has 0 spiro atoms. The van der Waals surface area contributed by atoms with Crippen LogP contribution in [0.5, 0.6) is 0 Å². The van der Waals surface area contributed by atoms with Gasteiger partial charge in [-0.3, -0.25) is 4.79 Å². The summed E-state index contributed by atoms with van der Waals surface area (Å²) in [5.74, 6) is -1.67. The van der Waals surface area contributed by atoms with Crippen LogP contribution in [0, 0.1) is 0 Å². The molecule has 0 fully saturated rings. The summed E-state index contributed by atoms with van der Waals surface area (Å²) < 4.78 is 5.81. The summed E-state index contributed by atoms with van der Waals surface area (Å²) in [5, 5.41) is 8.81. The Morgan fingerprint density at radius 1 is 1.12 bits per heavy atom. The Morgan fingerprint density at radius 3 is 2.19 bits per heavy atom. The van der Waals surface area contributed by atoms with E-state index in [-0.39, 0.29) is 18.9 Å². The normalized spacial score (nSPS) is 14.5. The number of benzene rings is 2. The zero-order valence-corrected chi connectivity index (χ0v) is 15.5. The lowest BCUT2D eigenvalue weighted by Gasteiger charge is -2.13. The van der Waals surface area contributed by atoms with Crippen LogP contribution in [0.3, 0.4) is 0 Å². The number of fused-ring (bicyclic) bond motifs is 3. The Bertz CT molecular complexity index is 832. The van der Waals surface area contributed by atoms with Gasteiger partial charge in [-0.2, -0.15) is 0 Å². The molecule has 0 heterocycles. The Kier molecular flexibility index (Phi) is 5.54. The van der Waals surface area contributed by atoms with Gasteiger partial charge in [0.2, 0.25) is 0 Å². The Balaban J connectivity index is 1.70. The fourth-order valence-electron chi connectivity index (χ4n) is 3.13. The number of esters is 1.